The van der Waals surface area contributed by atoms with Gasteiger partial charge in [0.2, 0.25) is 21.8 Å². The zero-order chi connectivity index (χ0) is 22.2. The number of piperidine rings is 1. The first-order valence-electron chi connectivity index (χ1n) is 9.92. The van der Waals surface area contributed by atoms with E-state index in [-0.39, 0.29) is 41.0 Å². The molecule has 164 valence electrons. The largest absolute Gasteiger partial charge is 0.326 e. The highest BCUT2D eigenvalue weighted by Crippen LogP contribution is 2.37. The molecule has 4 rings (SSSR count). The zero-order valence-corrected chi connectivity index (χ0v) is 18.4. The lowest BCUT2D eigenvalue weighted by molar-refractivity contribution is -0.121. The summed E-state index contributed by atoms with van der Waals surface area (Å²) >= 11 is 1.39. The van der Waals surface area contributed by atoms with Crippen LogP contribution >= 0.6 is 11.8 Å². The number of anilines is 2. The van der Waals surface area contributed by atoms with E-state index in [0.29, 0.717) is 24.2 Å². The van der Waals surface area contributed by atoms with Gasteiger partial charge >= 0.3 is 0 Å². The zero-order valence-electron chi connectivity index (χ0n) is 16.8. The number of nitrogens with zero attached hydrogens (tertiary/aromatic N) is 1. The summed E-state index contributed by atoms with van der Waals surface area (Å²) in [5.41, 5.74) is 0.877. The normalized spacial score (nSPS) is 20.1. The monoisotopic (exact) mass is 463 g/mol. The van der Waals surface area contributed by atoms with Gasteiger partial charge in [0.15, 0.2) is 0 Å². The minimum Gasteiger partial charge on any atom is -0.326 e. The van der Waals surface area contributed by atoms with Crippen LogP contribution in [-0.4, -0.2) is 42.9 Å². The Hall–Kier alpha value is -2.43. The fourth-order valence-corrected chi connectivity index (χ4v) is 6.09. The van der Waals surface area contributed by atoms with Crippen LogP contribution in [0, 0.1) is 11.7 Å². The standard InChI is InChI=1S/C21H22FN3O4S2/c1-13-20(26)24-18-12-17(5-6-19(18)30-13)31(28,29)25-9-7-14(8-10-25)21(27)23-16-4-2-3-15(22)11-16/h2-6,11-14H,7-10H2,1H3,(H,23,27)(H,24,26)/t13-/m0/s1. The van der Waals surface area contributed by atoms with Crippen LogP contribution in [0.1, 0.15) is 19.8 Å². The SMILES string of the molecule is C[C@@H]1Sc2ccc(S(=O)(=O)N3CCC(C(=O)Nc4cccc(F)c4)CC3)cc2NC1=O. The molecule has 1 fully saturated rings. The van der Waals surface area contributed by atoms with Crippen molar-refractivity contribution in [3.63, 3.8) is 0 Å². The predicted molar refractivity (Wildman–Crippen MR) is 117 cm³/mol. The van der Waals surface area contributed by atoms with Gasteiger partial charge < -0.3 is 10.6 Å². The topological polar surface area (TPSA) is 95.6 Å². The molecule has 2 aliphatic heterocycles. The molecule has 0 radical (unpaired) electrons. The summed E-state index contributed by atoms with van der Waals surface area (Å²) in [6, 6.07) is 10.4. The van der Waals surface area contributed by atoms with Gasteiger partial charge in [-0.1, -0.05) is 6.07 Å². The number of carbonyl (C=O) groups excluding carboxylic acids is 2. The van der Waals surface area contributed by atoms with Gasteiger partial charge in [-0.2, -0.15) is 4.31 Å². The highest BCUT2D eigenvalue weighted by molar-refractivity contribution is 8.01. The van der Waals surface area contributed by atoms with Crippen molar-refractivity contribution in [3.8, 4) is 0 Å². The second-order valence-electron chi connectivity index (χ2n) is 7.59. The third-order valence-electron chi connectivity index (χ3n) is 5.44. The molecule has 1 atom stereocenters. The first-order chi connectivity index (χ1) is 14.7. The van der Waals surface area contributed by atoms with Gasteiger partial charge in [-0.25, -0.2) is 12.8 Å². The molecular weight excluding hydrogens is 441 g/mol. The molecule has 0 spiro atoms. The summed E-state index contributed by atoms with van der Waals surface area (Å²) in [5, 5.41) is 5.21. The van der Waals surface area contributed by atoms with E-state index in [1.165, 1.54) is 40.3 Å². The lowest BCUT2D eigenvalue weighted by atomic mass is 9.97. The van der Waals surface area contributed by atoms with E-state index in [2.05, 4.69) is 10.6 Å². The molecule has 1 saturated heterocycles. The summed E-state index contributed by atoms with van der Waals surface area (Å²) < 4.78 is 40.8. The highest BCUT2D eigenvalue weighted by atomic mass is 32.2. The summed E-state index contributed by atoms with van der Waals surface area (Å²) in [7, 11) is -3.75. The Morgan fingerprint density at radius 2 is 1.94 bits per heavy atom. The molecule has 2 aliphatic rings. The highest BCUT2D eigenvalue weighted by Gasteiger charge is 2.33. The summed E-state index contributed by atoms with van der Waals surface area (Å²) in [6.07, 6.45) is 0.741. The fraction of sp³-hybridized carbons (Fsp3) is 0.333. The Labute approximate surface area is 184 Å². The van der Waals surface area contributed by atoms with Crippen molar-refractivity contribution in [2.75, 3.05) is 23.7 Å². The number of thioether (sulfide) groups is 1. The van der Waals surface area contributed by atoms with Crippen molar-refractivity contribution in [2.45, 2.75) is 34.8 Å². The van der Waals surface area contributed by atoms with E-state index >= 15 is 0 Å². The molecule has 2 N–H and O–H groups in total. The van der Waals surface area contributed by atoms with Gasteiger partial charge in [0, 0.05) is 29.6 Å². The summed E-state index contributed by atoms with van der Waals surface area (Å²) in [6.45, 7) is 2.21. The Morgan fingerprint density at radius 3 is 2.65 bits per heavy atom. The number of amides is 2. The number of fused-ring (bicyclic) bond motifs is 1. The second kappa shape index (κ2) is 8.60. The van der Waals surface area contributed by atoms with E-state index in [4.69, 9.17) is 0 Å². The van der Waals surface area contributed by atoms with Crippen LogP contribution in [0.25, 0.3) is 0 Å². The van der Waals surface area contributed by atoms with E-state index in [9.17, 15) is 22.4 Å². The lowest BCUT2D eigenvalue weighted by Crippen LogP contribution is -2.41. The average Bonchev–Trinajstić information content (AvgIpc) is 2.74. The maximum absolute atomic E-state index is 13.3. The number of hydrogen-bond acceptors (Lipinski definition) is 5. The predicted octanol–water partition coefficient (Wildman–Crippen LogP) is 3.30. The maximum Gasteiger partial charge on any atom is 0.243 e. The van der Waals surface area contributed by atoms with Crippen LogP contribution in [0.5, 0.6) is 0 Å². The lowest BCUT2D eigenvalue weighted by Gasteiger charge is -2.31. The molecule has 7 nitrogen and oxygen atoms in total. The van der Waals surface area contributed by atoms with Gasteiger partial charge in [0.1, 0.15) is 5.82 Å². The number of halogens is 1. The molecule has 0 aromatic heterocycles. The van der Waals surface area contributed by atoms with Crippen molar-refractivity contribution in [2.24, 2.45) is 5.92 Å². The van der Waals surface area contributed by atoms with E-state index in [0.717, 1.165) is 4.90 Å². The fourth-order valence-electron chi connectivity index (χ4n) is 3.67. The second-order valence-corrected chi connectivity index (χ2v) is 10.9. The molecule has 0 unspecified atom stereocenters. The molecule has 0 saturated carbocycles. The molecule has 2 heterocycles. The van der Waals surface area contributed by atoms with Crippen LogP contribution in [-0.2, 0) is 19.6 Å². The van der Waals surface area contributed by atoms with Gasteiger partial charge in [-0.3, -0.25) is 9.59 Å². The van der Waals surface area contributed by atoms with Crippen LogP contribution < -0.4 is 10.6 Å². The molecule has 0 bridgehead atoms. The number of sulfonamides is 1. The van der Waals surface area contributed by atoms with Crippen molar-refractivity contribution in [1.82, 2.24) is 4.31 Å². The number of carbonyl (C=O) groups is 2. The molecular formula is C21H22FN3O4S2. The Kier molecular flexibility index (Phi) is 6.05. The molecule has 2 aromatic rings. The van der Waals surface area contributed by atoms with Crippen molar-refractivity contribution >= 4 is 45.0 Å². The van der Waals surface area contributed by atoms with E-state index in [1.54, 1.807) is 25.1 Å². The molecule has 10 heteroatoms. The number of hydrogen-bond donors (Lipinski definition) is 2. The van der Waals surface area contributed by atoms with Crippen molar-refractivity contribution in [1.29, 1.82) is 0 Å². The molecule has 2 aromatic carbocycles. The van der Waals surface area contributed by atoms with E-state index in [1.807, 2.05) is 0 Å². The Balaban J connectivity index is 1.42. The minimum absolute atomic E-state index is 0.115. The number of benzene rings is 2. The average molecular weight is 464 g/mol. The third kappa shape index (κ3) is 4.60. The first-order valence-corrected chi connectivity index (χ1v) is 12.2. The van der Waals surface area contributed by atoms with Crippen LogP contribution in [0.2, 0.25) is 0 Å². The third-order valence-corrected chi connectivity index (χ3v) is 8.51. The Bertz CT molecular complexity index is 1130. The summed E-state index contributed by atoms with van der Waals surface area (Å²) in [4.78, 5) is 25.3. The van der Waals surface area contributed by atoms with Gasteiger partial charge in [-0.05, 0) is 56.2 Å². The van der Waals surface area contributed by atoms with Crippen LogP contribution in [0.3, 0.4) is 0 Å². The van der Waals surface area contributed by atoms with Crippen molar-refractivity contribution in [3.05, 3.63) is 48.3 Å². The van der Waals surface area contributed by atoms with Crippen LogP contribution in [0.4, 0.5) is 15.8 Å². The quantitative estimate of drug-likeness (QED) is 0.726. The maximum atomic E-state index is 13.3. The number of rotatable bonds is 4. The first kappa shape index (κ1) is 21.8. The number of nitrogens with one attached hydrogen (secondary N) is 2. The van der Waals surface area contributed by atoms with Crippen molar-refractivity contribution < 1.29 is 22.4 Å². The molecule has 0 aliphatic carbocycles. The minimum atomic E-state index is -3.75. The van der Waals surface area contributed by atoms with Gasteiger partial charge in [0.05, 0.1) is 15.8 Å². The van der Waals surface area contributed by atoms with Crippen LogP contribution in [0.15, 0.2) is 52.3 Å². The molecule has 2 amide bonds. The summed E-state index contributed by atoms with van der Waals surface area (Å²) in [5.74, 6) is -1.19. The Morgan fingerprint density at radius 1 is 1.19 bits per heavy atom. The van der Waals surface area contributed by atoms with E-state index < -0.39 is 15.8 Å². The van der Waals surface area contributed by atoms with Gasteiger partial charge in [-0.15, -0.1) is 11.8 Å². The smallest absolute Gasteiger partial charge is 0.243 e. The van der Waals surface area contributed by atoms with Gasteiger partial charge in [0.25, 0.3) is 0 Å². The molecule has 31 heavy (non-hydrogen) atoms.